The Kier molecular flexibility index (Phi) is 2.83. The van der Waals surface area contributed by atoms with Gasteiger partial charge < -0.3 is 9.88 Å². The molecular formula is C14H17N7. The standard InChI is InChI=1S/C14H17N7/c1-10-17-13-12(4-5-15-13)14(18-10)20-7-2-3-11(9-20)21-8-6-16-19-21/h4-6,8,11H,2-3,7,9H2,1H3,(H,15,17,18). The lowest BCUT2D eigenvalue weighted by atomic mass is 10.1. The lowest BCUT2D eigenvalue weighted by molar-refractivity contribution is 0.368. The van der Waals surface area contributed by atoms with E-state index in [1.807, 2.05) is 30.1 Å². The average molecular weight is 283 g/mol. The van der Waals surface area contributed by atoms with E-state index in [1.54, 1.807) is 6.20 Å². The van der Waals surface area contributed by atoms with Gasteiger partial charge in [-0.3, -0.25) is 0 Å². The van der Waals surface area contributed by atoms with Crippen molar-refractivity contribution in [1.29, 1.82) is 0 Å². The van der Waals surface area contributed by atoms with Crippen molar-refractivity contribution in [3.8, 4) is 0 Å². The summed E-state index contributed by atoms with van der Waals surface area (Å²) in [4.78, 5) is 14.6. The molecule has 7 nitrogen and oxygen atoms in total. The molecule has 3 aromatic heterocycles. The Balaban J connectivity index is 1.70. The number of nitrogens with zero attached hydrogens (tertiary/aromatic N) is 6. The van der Waals surface area contributed by atoms with Gasteiger partial charge in [0.15, 0.2) is 0 Å². The zero-order chi connectivity index (χ0) is 14.2. The summed E-state index contributed by atoms with van der Waals surface area (Å²) in [5, 5.41) is 9.14. The molecule has 108 valence electrons. The zero-order valence-electron chi connectivity index (χ0n) is 11.9. The maximum Gasteiger partial charge on any atom is 0.143 e. The van der Waals surface area contributed by atoms with Crippen molar-refractivity contribution in [2.24, 2.45) is 0 Å². The number of nitrogens with one attached hydrogen (secondary N) is 1. The van der Waals surface area contributed by atoms with Crippen molar-refractivity contribution in [2.75, 3.05) is 18.0 Å². The highest BCUT2D eigenvalue weighted by molar-refractivity contribution is 5.87. The van der Waals surface area contributed by atoms with Crippen molar-refractivity contribution >= 4 is 16.9 Å². The minimum atomic E-state index is 0.352. The normalized spacial score (nSPS) is 19.3. The predicted octanol–water partition coefficient (Wildman–Crippen LogP) is 1.70. The number of anilines is 1. The molecule has 0 aliphatic carbocycles. The molecular weight excluding hydrogens is 266 g/mol. The fourth-order valence-electron chi connectivity index (χ4n) is 3.05. The van der Waals surface area contributed by atoms with E-state index in [1.165, 1.54) is 0 Å². The molecule has 0 saturated carbocycles. The fourth-order valence-corrected chi connectivity index (χ4v) is 3.05. The molecule has 0 bridgehead atoms. The number of piperidine rings is 1. The van der Waals surface area contributed by atoms with Crippen LogP contribution in [-0.4, -0.2) is 43.0 Å². The monoisotopic (exact) mass is 283 g/mol. The number of fused-ring (bicyclic) bond motifs is 1. The van der Waals surface area contributed by atoms with E-state index in [0.29, 0.717) is 6.04 Å². The van der Waals surface area contributed by atoms with E-state index in [9.17, 15) is 0 Å². The molecule has 0 aromatic carbocycles. The van der Waals surface area contributed by atoms with E-state index in [-0.39, 0.29) is 0 Å². The molecule has 4 heterocycles. The van der Waals surface area contributed by atoms with Crippen LogP contribution in [0, 0.1) is 6.92 Å². The number of aromatic nitrogens is 6. The first kappa shape index (κ1) is 12.3. The Hall–Kier alpha value is -2.44. The first-order valence-corrected chi connectivity index (χ1v) is 7.24. The Labute approximate surface area is 122 Å². The van der Waals surface area contributed by atoms with Crippen LogP contribution in [-0.2, 0) is 0 Å². The van der Waals surface area contributed by atoms with Crippen molar-refractivity contribution in [2.45, 2.75) is 25.8 Å². The number of aryl methyl sites for hydroxylation is 1. The summed E-state index contributed by atoms with van der Waals surface area (Å²) >= 11 is 0. The molecule has 21 heavy (non-hydrogen) atoms. The fraction of sp³-hybridized carbons (Fsp3) is 0.429. The van der Waals surface area contributed by atoms with Crippen molar-refractivity contribution in [3.05, 3.63) is 30.5 Å². The van der Waals surface area contributed by atoms with Crippen LogP contribution in [0.5, 0.6) is 0 Å². The van der Waals surface area contributed by atoms with Crippen LogP contribution in [0.25, 0.3) is 11.0 Å². The van der Waals surface area contributed by atoms with E-state index >= 15 is 0 Å². The molecule has 1 fully saturated rings. The van der Waals surface area contributed by atoms with Gasteiger partial charge in [0.05, 0.1) is 17.6 Å². The van der Waals surface area contributed by atoms with Gasteiger partial charge in [-0.05, 0) is 25.8 Å². The number of rotatable bonds is 2. The highest BCUT2D eigenvalue weighted by Gasteiger charge is 2.24. The lowest BCUT2D eigenvalue weighted by Gasteiger charge is -2.33. The Bertz CT molecular complexity index is 746. The molecule has 0 spiro atoms. The second kappa shape index (κ2) is 4.83. The van der Waals surface area contributed by atoms with Crippen LogP contribution >= 0.6 is 0 Å². The van der Waals surface area contributed by atoms with Crippen molar-refractivity contribution in [1.82, 2.24) is 29.9 Å². The minimum Gasteiger partial charge on any atom is -0.354 e. The molecule has 1 aliphatic heterocycles. The number of hydrogen-bond donors (Lipinski definition) is 1. The number of aromatic amines is 1. The molecule has 0 amide bonds. The van der Waals surface area contributed by atoms with Crippen molar-refractivity contribution < 1.29 is 0 Å². The predicted molar refractivity (Wildman–Crippen MR) is 79.1 cm³/mol. The largest absolute Gasteiger partial charge is 0.354 e. The van der Waals surface area contributed by atoms with Crippen LogP contribution in [0.3, 0.4) is 0 Å². The first-order chi connectivity index (χ1) is 10.3. The highest BCUT2D eigenvalue weighted by Crippen LogP contribution is 2.29. The first-order valence-electron chi connectivity index (χ1n) is 7.24. The average Bonchev–Trinajstić information content (AvgIpc) is 3.17. The summed E-state index contributed by atoms with van der Waals surface area (Å²) in [6.07, 6.45) is 7.84. The molecule has 1 unspecified atom stereocenters. The molecule has 3 aromatic rings. The minimum absolute atomic E-state index is 0.352. The van der Waals surface area contributed by atoms with Gasteiger partial charge >= 0.3 is 0 Å². The third kappa shape index (κ3) is 2.14. The summed E-state index contributed by atoms with van der Waals surface area (Å²) in [6, 6.07) is 2.40. The van der Waals surface area contributed by atoms with Crippen LogP contribution in [0.4, 0.5) is 5.82 Å². The molecule has 0 radical (unpaired) electrons. The Morgan fingerprint density at radius 2 is 2.29 bits per heavy atom. The number of hydrogen-bond acceptors (Lipinski definition) is 5. The zero-order valence-corrected chi connectivity index (χ0v) is 11.9. The van der Waals surface area contributed by atoms with Gasteiger partial charge in [0.25, 0.3) is 0 Å². The van der Waals surface area contributed by atoms with Gasteiger partial charge in [0.1, 0.15) is 17.3 Å². The van der Waals surface area contributed by atoms with Gasteiger partial charge in [-0.1, -0.05) is 5.21 Å². The van der Waals surface area contributed by atoms with E-state index < -0.39 is 0 Å². The molecule has 1 N–H and O–H groups in total. The second-order valence-electron chi connectivity index (χ2n) is 5.46. The van der Waals surface area contributed by atoms with Crippen molar-refractivity contribution in [3.63, 3.8) is 0 Å². The summed E-state index contributed by atoms with van der Waals surface area (Å²) in [5.74, 6) is 1.81. The van der Waals surface area contributed by atoms with E-state index in [2.05, 4.69) is 30.2 Å². The summed E-state index contributed by atoms with van der Waals surface area (Å²) in [5.41, 5.74) is 0.903. The van der Waals surface area contributed by atoms with Crippen LogP contribution in [0.1, 0.15) is 24.7 Å². The van der Waals surface area contributed by atoms with Crippen LogP contribution in [0.2, 0.25) is 0 Å². The Morgan fingerprint density at radius 3 is 3.14 bits per heavy atom. The van der Waals surface area contributed by atoms with E-state index in [0.717, 1.165) is 48.6 Å². The van der Waals surface area contributed by atoms with Gasteiger partial charge in [-0.2, -0.15) is 0 Å². The lowest BCUT2D eigenvalue weighted by Crippen LogP contribution is -2.37. The van der Waals surface area contributed by atoms with Gasteiger partial charge in [-0.15, -0.1) is 5.10 Å². The molecule has 4 rings (SSSR count). The molecule has 1 aliphatic rings. The second-order valence-corrected chi connectivity index (χ2v) is 5.46. The Morgan fingerprint density at radius 1 is 1.33 bits per heavy atom. The quantitative estimate of drug-likeness (QED) is 0.774. The van der Waals surface area contributed by atoms with Gasteiger partial charge in [0.2, 0.25) is 0 Å². The SMILES string of the molecule is Cc1nc(N2CCCC(n3ccnn3)C2)c2cc[nH]c2n1. The van der Waals surface area contributed by atoms with Gasteiger partial charge in [-0.25, -0.2) is 14.6 Å². The van der Waals surface area contributed by atoms with Crippen LogP contribution in [0.15, 0.2) is 24.7 Å². The van der Waals surface area contributed by atoms with Crippen LogP contribution < -0.4 is 4.90 Å². The summed E-state index contributed by atoms with van der Waals surface area (Å²) < 4.78 is 1.95. The van der Waals surface area contributed by atoms with Gasteiger partial charge in [0, 0.05) is 25.5 Å². The molecule has 1 saturated heterocycles. The van der Waals surface area contributed by atoms with E-state index in [4.69, 9.17) is 0 Å². The third-order valence-electron chi connectivity index (χ3n) is 4.02. The maximum absolute atomic E-state index is 4.66. The maximum atomic E-state index is 4.66. The smallest absolute Gasteiger partial charge is 0.143 e. The summed E-state index contributed by atoms with van der Waals surface area (Å²) in [6.45, 7) is 3.85. The third-order valence-corrected chi connectivity index (χ3v) is 4.02. The number of H-pyrrole nitrogens is 1. The summed E-state index contributed by atoms with van der Waals surface area (Å²) in [7, 11) is 0. The molecule has 7 heteroatoms. The molecule has 1 atom stereocenters. The topological polar surface area (TPSA) is 75.5 Å². The highest BCUT2D eigenvalue weighted by atomic mass is 15.4.